The fourth-order valence-corrected chi connectivity index (χ4v) is 5.05. The molecule has 6 nitrogen and oxygen atoms in total. The van der Waals surface area contributed by atoms with Crippen LogP contribution in [-0.4, -0.2) is 37.4 Å². The van der Waals surface area contributed by atoms with Crippen LogP contribution in [0, 0.1) is 24.1 Å². The third kappa shape index (κ3) is 3.65. The molecule has 10 heteroatoms. The van der Waals surface area contributed by atoms with Gasteiger partial charge < -0.3 is 4.57 Å². The largest absolute Gasteiger partial charge is 0.333 e. The fourth-order valence-electron chi connectivity index (χ4n) is 3.91. The van der Waals surface area contributed by atoms with Gasteiger partial charge >= 0.3 is 0 Å². The van der Waals surface area contributed by atoms with Crippen LogP contribution >= 0.6 is 0 Å². The number of pyridine rings is 1. The van der Waals surface area contributed by atoms with Gasteiger partial charge in [0.1, 0.15) is 30.1 Å². The van der Waals surface area contributed by atoms with Crippen LogP contribution in [0.25, 0.3) is 22.3 Å². The van der Waals surface area contributed by atoms with E-state index in [2.05, 4.69) is 11.1 Å². The highest BCUT2D eigenvalue weighted by Gasteiger charge is 2.30. The summed E-state index contributed by atoms with van der Waals surface area (Å²) in [7, 11) is -4.18. The first-order valence-corrected chi connectivity index (χ1v) is 11.6. The standard InChI is InChI=1S/C22H21F3N4O2S/c1-13-5-7-17-18(11-26)21(29(15-3-2-4-15)22(17)20(13)25)19-8-6-16(12-27-19)32(30,31)28-14(9-23)10-24/h5-8,12,14-15,28H,2-4,9-10H2,1H3. The van der Waals surface area contributed by atoms with E-state index in [0.29, 0.717) is 27.9 Å². The van der Waals surface area contributed by atoms with Crippen molar-refractivity contribution in [1.29, 1.82) is 5.26 Å². The smallest absolute Gasteiger partial charge is 0.242 e. The van der Waals surface area contributed by atoms with Crippen molar-refractivity contribution < 1.29 is 21.6 Å². The third-order valence-electron chi connectivity index (χ3n) is 5.83. The number of benzene rings is 1. The van der Waals surface area contributed by atoms with Gasteiger partial charge in [-0.05, 0) is 43.9 Å². The Balaban J connectivity index is 1.86. The van der Waals surface area contributed by atoms with Gasteiger partial charge in [0, 0.05) is 17.6 Å². The Kier molecular flexibility index (Phi) is 5.97. The lowest BCUT2D eigenvalue weighted by Gasteiger charge is -2.30. The molecule has 0 bridgehead atoms. The molecule has 1 N–H and O–H groups in total. The summed E-state index contributed by atoms with van der Waals surface area (Å²) in [5.74, 6) is -0.399. The van der Waals surface area contributed by atoms with E-state index < -0.39 is 35.2 Å². The average Bonchev–Trinajstić information content (AvgIpc) is 3.08. The van der Waals surface area contributed by atoms with Crippen molar-refractivity contribution in [3.8, 4) is 17.5 Å². The predicted octanol–water partition coefficient (Wildman–Crippen LogP) is 4.33. The van der Waals surface area contributed by atoms with Gasteiger partial charge in [0.05, 0.1) is 28.5 Å². The van der Waals surface area contributed by atoms with E-state index in [0.717, 1.165) is 25.5 Å². The van der Waals surface area contributed by atoms with Crippen molar-refractivity contribution in [2.75, 3.05) is 13.3 Å². The summed E-state index contributed by atoms with van der Waals surface area (Å²) in [6, 6.07) is 6.69. The van der Waals surface area contributed by atoms with Gasteiger partial charge in [-0.15, -0.1) is 0 Å². The topological polar surface area (TPSA) is 87.8 Å². The molecule has 0 radical (unpaired) electrons. The molecule has 4 rings (SSSR count). The van der Waals surface area contributed by atoms with Crippen molar-refractivity contribution in [1.82, 2.24) is 14.3 Å². The number of nitrogens with zero attached hydrogens (tertiary/aromatic N) is 3. The van der Waals surface area contributed by atoms with E-state index in [1.54, 1.807) is 23.6 Å². The third-order valence-corrected chi connectivity index (χ3v) is 7.34. The Morgan fingerprint density at radius 2 is 1.97 bits per heavy atom. The number of hydrogen-bond donors (Lipinski definition) is 1. The minimum absolute atomic E-state index is 0.00708. The number of nitrogens with one attached hydrogen (secondary N) is 1. The van der Waals surface area contributed by atoms with Crippen LogP contribution in [0.3, 0.4) is 0 Å². The lowest BCUT2D eigenvalue weighted by molar-refractivity contribution is 0.322. The summed E-state index contributed by atoms with van der Waals surface area (Å²) in [6.07, 6.45) is 3.72. The van der Waals surface area contributed by atoms with Crippen molar-refractivity contribution in [3.05, 3.63) is 47.4 Å². The van der Waals surface area contributed by atoms with E-state index in [-0.39, 0.29) is 16.5 Å². The highest BCUT2D eigenvalue weighted by atomic mass is 32.2. The molecule has 3 aromatic rings. The summed E-state index contributed by atoms with van der Waals surface area (Å²) >= 11 is 0. The molecule has 1 aliphatic carbocycles. The zero-order valence-electron chi connectivity index (χ0n) is 17.3. The molecule has 0 amide bonds. The lowest BCUT2D eigenvalue weighted by Crippen LogP contribution is -2.37. The van der Waals surface area contributed by atoms with Crippen molar-refractivity contribution in [2.45, 2.75) is 43.2 Å². The zero-order chi connectivity index (χ0) is 23.0. The molecule has 0 unspecified atom stereocenters. The molecule has 0 aliphatic heterocycles. The van der Waals surface area contributed by atoms with Crippen LogP contribution in [0.1, 0.15) is 36.4 Å². The highest BCUT2D eigenvalue weighted by Crippen LogP contribution is 2.43. The molecule has 2 aromatic heterocycles. The second-order valence-corrected chi connectivity index (χ2v) is 9.60. The van der Waals surface area contributed by atoms with Gasteiger partial charge in [-0.1, -0.05) is 12.1 Å². The van der Waals surface area contributed by atoms with Gasteiger partial charge in [-0.3, -0.25) is 4.98 Å². The number of aryl methyl sites for hydroxylation is 1. The normalized spacial score (nSPS) is 14.6. The van der Waals surface area contributed by atoms with Gasteiger partial charge in [-0.2, -0.15) is 5.26 Å². The lowest BCUT2D eigenvalue weighted by atomic mass is 9.92. The molecular formula is C22H21F3N4O2S. The van der Waals surface area contributed by atoms with Crippen molar-refractivity contribution in [3.63, 3.8) is 0 Å². The molecule has 0 spiro atoms. The van der Waals surface area contributed by atoms with Crippen LogP contribution in [0.4, 0.5) is 13.2 Å². The molecule has 32 heavy (non-hydrogen) atoms. The van der Waals surface area contributed by atoms with Crippen LogP contribution < -0.4 is 4.72 Å². The number of halogens is 3. The minimum Gasteiger partial charge on any atom is -0.333 e. The maximum absolute atomic E-state index is 15.1. The first-order chi connectivity index (χ1) is 15.3. The highest BCUT2D eigenvalue weighted by molar-refractivity contribution is 7.89. The van der Waals surface area contributed by atoms with E-state index in [1.807, 2.05) is 4.72 Å². The Hall–Kier alpha value is -2.90. The summed E-state index contributed by atoms with van der Waals surface area (Å²) in [4.78, 5) is 3.97. The average molecular weight is 462 g/mol. The molecule has 0 atom stereocenters. The Morgan fingerprint density at radius 3 is 2.50 bits per heavy atom. The second kappa shape index (κ2) is 8.56. The Morgan fingerprint density at radius 1 is 1.25 bits per heavy atom. The van der Waals surface area contributed by atoms with Crippen molar-refractivity contribution in [2.24, 2.45) is 0 Å². The predicted molar refractivity (Wildman–Crippen MR) is 114 cm³/mol. The van der Waals surface area contributed by atoms with Crippen LogP contribution in [-0.2, 0) is 10.0 Å². The molecule has 168 valence electrons. The van der Waals surface area contributed by atoms with E-state index in [1.165, 1.54) is 12.1 Å². The monoisotopic (exact) mass is 462 g/mol. The van der Waals surface area contributed by atoms with E-state index >= 15 is 4.39 Å². The SMILES string of the molecule is Cc1ccc2c(C#N)c(-c3ccc(S(=O)(=O)NC(CF)CF)cn3)n(C3CCC3)c2c1F. The first kappa shape index (κ1) is 22.3. The number of hydrogen-bond acceptors (Lipinski definition) is 4. The van der Waals surface area contributed by atoms with E-state index in [9.17, 15) is 22.5 Å². The molecule has 0 saturated heterocycles. The van der Waals surface area contributed by atoms with Crippen LogP contribution in [0.15, 0.2) is 35.4 Å². The number of fused-ring (bicyclic) bond motifs is 1. The van der Waals surface area contributed by atoms with Gasteiger partial charge in [0.25, 0.3) is 0 Å². The Bertz CT molecular complexity index is 1310. The molecule has 2 heterocycles. The van der Waals surface area contributed by atoms with Gasteiger partial charge in [-0.25, -0.2) is 26.3 Å². The molecular weight excluding hydrogens is 441 g/mol. The zero-order valence-corrected chi connectivity index (χ0v) is 18.1. The number of nitriles is 1. The fraction of sp³-hybridized carbons (Fsp3) is 0.364. The first-order valence-electron chi connectivity index (χ1n) is 10.2. The summed E-state index contributed by atoms with van der Waals surface area (Å²) in [5.41, 5.74) is 1.81. The van der Waals surface area contributed by atoms with Crippen LogP contribution in [0.5, 0.6) is 0 Å². The van der Waals surface area contributed by atoms with Crippen molar-refractivity contribution >= 4 is 20.9 Å². The molecule has 1 fully saturated rings. The van der Waals surface area contributed by atoms with E-state index in [4.69, 9.17) is 0 Å². The number of rotatable bonds is 7. The minimum atomic E-state index is -4.18. The summed E-state index contributed by atoms with van der Waals surface area (Å²) < 4.78 is 69.2. The number of aromatic nitrogens is 2. The molecule has 1 aromatic carbocycles. The molecule has 1 aliphatic rings. The molecule has 1 saturated carbocycles. The quantitative estimate of drug-likeness (QED) is 0.566. The number of alkyl halides is 2. The van der Waals surface area contributed by atoms with Gasteiger partial charge in [0.15, 0.2) is 0 Å². The maximum Gasteiger partial charge on any atom is 0.242 e. The number of sulfonamides is 1. The second-order valence-electron chi connectivity index (χ2n) is 7.89. The summed E-state index contributed by atoms with van der Waals surface area (Å²) in [5, 5.41) is 10.3. The van der Waals surface area contributed by atoms with Gasteiger partial charge in [0.2, 0.25) is 10.0 Å². The maximum atomic E-state index is 15.1. The van der Waals surface area contributed by atoms with Crippen LogP contribution in [0.2, 0.25) is 0 Å². The Labute approximate surface area is 183 Å². The summed E-state index contributed by atoms with van der Waals surface area (Å²) in [6.45, 7) is -0.704.